The highest BCUT2D eigenvalue weighted by molar-refractivity contribution is 9.10. The topological polar surface area (TPSA) is 53.1 Å². The van der Waals surface area contributed by atoms with Crippen molar-refractivity contribution < 1.29 is 4.74 Å². The van der Waals surface area contributed by atoms with E-state index in [0.717, 1.165) is 22.2 Å². The molecule has 1 atom stereocenters. The Morgan fingerprint density at radius 3 is 2.89 bits per heavy atom. The summed E-state index contributed by atoms with van der Waals surface area (Å²) in [6.45, 7) is 2.57. The van der Waals surface area contributed by atoms with E-state index in [-0.39, 0.29) is 6.04 Å². The van der Waals surface area contributed by atoms with E-state index >= 15 is 0 Å². The van der Waals surface area contributed by atoms with Gasteiger partial charge in [0.2, 0.25) is 0 Å². The van der Waals surface area contributed by atoms with Gasteiger partial charge >= 0.3 is 0 Å². The average molecular weight is 324 g/mol. The van der Waals surface area contributed by atoms with Crippen molar-refractivity contribution in [2.45, 2.75) is 19.4 Å². The lowest BCUT2D eigenvalue weighted by Crippen LogP contribution is -2.09. The van der Waals surface area contributed by atoms with Crippen LogP contribution in [-0.2, 0) is 13.5 Å². The Morgan fingerprint density at radius 1 is 1.47 bits per heavy atom. The molecule has 0 saturated carbocycles. The smallest absolute Gasteiger partial charge is 0.124 e. The zero-order valence-corrected chi connectivity index (χ0v) is 12.7. The summed E-state index contributed by atoms with van der Waals surface area (Å²) in [6.07, 6.45) is 4.69. The van der Waals surface area contributed by atoms with Gasteiger partial charge in [-0.25, -0.2) is 0 Å². The van der Waals surface area contributed by atoms with Crippen molar-refractivity contribution in [2.75, 3.05) is 6.61 Å². The molecule has 0 aliphatic carbocycles. The molecule has 0 saturated heterocycles. The average Bonchev–Trinajstić information content (AvgIpc) is 2.77. The van der Waals surface area contributed by atoms with Crippen LogP contribution in [0.2, 0.25) is 0 Å². The first-order chi connectivity index (χ1) is 9.06. The van der Waals surface area contributed by atoms with Crippen molar-refractivity contribution in [3.8, 4) is 5.75 Å². The number of benzene rings is 1. The number of aryl methyl sites for hydroxylation is 1. The van der Waals surface area contributed by atoms with Crippen LogP contribution in [0.15, 0.2) is 35.1 Å². The van der Waals surface area contributed by atoms with Gasteiger partial charge < -0.3 is 10.5 Å². The van der Waals surface area contributed by atoms with Gasteiger partial charge in [-0.05, 0) is 30.7 Å². The molecule has 0 aliphatic heterocycles. The van der Waals surface area contributed by atoms with Gasteiger partial charge in [-0.1, -0.05) is 15.9 Å². The molecule has 2 aromatic rings. The van der Waals surface area contributed by atoms with E-state index < -0.39 is 0 Å². The van der Waals surface area contributed by atoms with Crippen LogP contribution in [0.3, 0.4) is 0 Å². The van der Waals surface area contributed by atoms with Gasteiger partial charge in [0.05, 0.1) is 12.8 Å². The maximum Gasteiger partial charge on any atom is 0.124 e. The molecule has 2 rings (SSSR count). The van der Waals surface area contributed by atoms with Gasteiger partial charge in [0, 0.05) is 35.7 Å². The van der Waals surface area contributed by atoms with Crippen LogP contribution < -0.4 is 10.5 Å². The number of hydrogen-bond donors (Lipinski definition) is 1. The SMILES string of the molecule is CC(N)c1cc(Br)ccc1OCCc1cnn(C)c1. The van der Waals surface area contributed by atoms with Crippen molar-refractivity contribution in [2.24, 2.45) is 12.8 Å². The van der Waals surface area contributed by atoms with Gasteiger partial charge in [0.15, 0.2) is 0 Å². The number of rotatable bonds is 5. The molecule has 5 heteroatoms. The minimum Gasteiger partial charge on any atom is -0.493 e. The monoisotopic (exact) mass is 323 g/mol. The first-order valence-electron chi connectivity index (χ1n) is 6.21. The summed E-state index contributed by atoms with van der Waals surface area (Å²) in [4.78, 5) is 0. The van der Waals surface area contributed by atoms with Crippen molar-refractivity contribution in [3.63, 3.8) is 0 Å². The molecule has 0 spiro atoms. The van der Waals surface area contributed by atoms with Crippen LogP contribution in [0.25, 0.3) is 0 Å². The Balaban J connectivity index is 1.99. The fraction of sp³-hybridized carbons (Fsp3) is 0.357. The zero-order chi connectivity index (χ0) is 13.8. The number of ether oxygens (including phenoxy) is 1. The minimum atomic E-state index is -0.0501. The quantitative estimate of drug-likeness (QED) is 0.920. The molecule has 1 heterocycles. The summed E-state index contributed by atoms with van der Waals surface area (Å²) in [7, 11) is 1.91. The normalized spacial score (nSPS) is 12.4. The lowest BCUT2D eigenvalue weighted by Gasteiger charge is -2.14. The molecule has 2 N–H and O–H groups in total. The molecule has 0 amide bonds. The first-order valence-corrected chi connectivity index (χ1v) is 7.01. The molecular formula is C14H18BrN3O. The summed E-state index contributed by atoms with van der Waals surface area (Å²) in [6, 6.07) is 5.87. The Labute approximate surface area is 121 Å². The molecule has 0 bridgehead atoms. The van der Waals surface area contributed by atoms with E-state index in [1.165, 1.54) is 5.56 Å². The zero-order valence-electron chi connectivity index (χ0n) is 11.1. The lowest BCUT2D eigenvalue weighted by atomic mass is 10.1. The second-order valence-electron chi connectivity index (χ2n) is 4.59. The van der Waals surface area contributed by atoms with Gasteiger partial charge in [0.1, 0.15) is 5.75 Å². The van der Waals surface area contributed by atoms with Gasteiger partial charge in [-0.3, -0.25) is 4.68 Å². The van der Waals surface area contributed by atoms with Crippen molar-refractivity contribution in [1.29, 1.82) is 0 Å². The Kier molecular flexibility index (Phi) is 4.61. The highest BCUT2D eigenvalue weighted by Crippen LogP contribution is 2.27. The summed E-state index contributed by atoms with van der Waals surface area (Å²) in [5, 5.41) is 4.13. The summed E-state index contributed by atoms with van der Waals surface area (Å²) in [5.41, 5.74) is 8.14. The molecule has 0 fully saturated rings. The van der Waals surface area contributed by atoms with Crippen LogP contribution in [0.4, 0.5) is 0 Å². The van der Waals surface area contributed by atoms with Crippen molar-refractivity contribution in [1.82, 2.24) is 9.78 Å². The van der Waals surface area contributed by atoms with Crippen LogP contribution in [0.5, 0.6) is 5.75 Å². The number of halogens is 1. The predicted molar refractivity (Wildman–Crippen MR) is 79.2 cm³/mol. The Morgan fingerprint density at radius 2 is 2.26 bits per heavy atom. The maximum atomic E-state index is 5.96. The van der Waals surface area contributed by atoms with Crippen molar-refractivity contribution in [3.05, 3.63) is 46.2 Å². The minimum absolute atomic E-state index is 0.0501. The molecule has 4 nitrogen and oxygen atoms in total. The van der Waals surface area contributed by atoms with Gasteiger partial charge in [-0.2, -0.15) is 5.10 Å². The van der Waals surface area contributed by atoms with E-state index in [1.807, 2.05) is 44.6 Å². The van der Waals surface area contributed by atoms with Crippen LogP contribution in [0.1, 0.15) is 24.1 Å². The third kappa shape index (κ3) is 3.81. The van der Waals surface area contributed by atoms with E-state index in [4.69, 9.17) is 10.5 Å². The summed E-state index contributed by atoms with van der Waals surface area (Å²) in [5.74, 6) is 0.849. The van der Waals surface area contributed by atoms with Crippen LogP contribution in [-0.4, -0.2) is 16.4 Å². The molecule has 1 aromatic carbocycles. The maximum absolute atomic E-state index is 5.96. The molecule has 0 radical (unpaired) electrons. The lowest BCUT2D eigenvalue weighted by molar-refractivity contribution is 0.317. The molecular weight excluding hydrogens is 306 g/mol. The predicted octanol–water partition coefficient (Wildman–Crippen LogP) is 2.82. The number of nitrogens with two attached hydrogens (primary N) is 1. The molecule has 1 aromatic heterocycles. The Hall–Kier alpha value is -1.33. The van der Waals surface area contributed by atoms with E-state index in [0.29, 0.717) is 6.61 Å². The molecule has 102 valence electrons. The molecule has 1 unspecified atom stereocenters. The third-order valence-electron chi connectivity index (χ3n) is 2.87. The highest BCUT2D eigenvalue weighted by atomic mass is 79.9. The second-order valence-corrected chi connectivity index (χ2v) is 5.51. The van der Waals surface area contributed by atoms with Crippen LogP contribution >= 0.6 is 15.9 Å². The largest absolute Gasteiger partial charge is 0.493 e. The van der Waals surface area contributed by atoms with Crippen molar-refractivity contribution >= 4 is 15.9 Å². The highest BCUT2D eigenvalue weighted by Gasteiger charge is 2.09. The third-order valence-corrected chi connectivity index (χ3v) is 3.36. The fourth-order valence-electron chi connectivity index (χ4n) is 1.89. The second kappa shape index (κ2) is 6.21. The van der Waals surface area contributed by atoms with E-state index in [2.05, 4.69) is 21.0 Å². The van der Waals surface area contributed by atoms with E-state index in [1.54, 1.807) is 4.68 Å². The molecule has 19 heavy (non-hydrogen) atoms. The van der Waals surface area contributed by atoms with Gasteiger partial charge in [-0.15, -0.1) is 0 Å². The Bertz CT molecular complexity index is 551. The van der Waals surface area contributed by atoms with Gasteiger partial charge in [0.25, 0.3) is 0 Å². The van der Waals surface area contributed by atoms with Crippen LogP contribution in [0, 0.1) is 0 Å². The standard InChI is InChI=1S/C14H18BrN3O/c1-10(16)13-7-12(15)3-4-14(13)19-6-5-11-8-17-18(2)9-11/h3-4,7-10H,5-6,16H2,1-2H3. The summed E-state index contributed by atoms with van der Waals surface area (Å²) < 4.78 is 8.64. The fourth-order valence-corrected chi connectivity index (χ4v) is 2.27. The molecule has 0 aliphatic rings. The number of hydrogen-bond acceptors (Lipinski definition) is 3. The first kappa shape index (κ1) is 14.1. The van der Waals surface area contributed by atoms with E-state index in [9.17, 15) is 0 Å². The number of nitrogens with zero attached hydrogens (tertiary/aromatic N) is 2. The summed E-state index contributed by atoms with van der Waals surface area (Å²) >= 11 is 3.45. The number of aromatic nitrogens is 2.